The van der Waals surface area contributed by atoms with Crippen LogP contribution in [0, 0.1) is 13.8 Å². The summed E-state index contributed by atoms with van der Waals surface area (Å²) in [5.41, 5.74) is 4.81. The van der Waals surface area contributed by atoms with Crippen molar-refractivity contribution in [2.75, 3.05) is 10.6 Å². The van der Waals surface area contributed by atoms with Gasteiger partial charge in [0.2, 0.25) is 15.9 Å². The average molecular weight is 401 g/mol. The second-order valence-electron chi connectivity index (χ2n) is 7.73. The summed E-state index contributed by atoms with van der Waals surface area (Å²) in [5.74, 6) is -0.286. The third-order valence-corrected chi connectivity index (χ3v) is 6.48. The molecular weight excluding hydrogens is 372 g/mol. The van der Waals surface area contributed by atoms with Gasteiger partial charge in [0.25, 0.3) is 0 Å². The van der Waals surface area contributed by atoms with E-state index in [1.54, 1.807) is 19.1 Å². The van der Waals surface area contributed by atoms with E-state index in [-0.39, 0.29) is 11.9 Å². The lowest BCUT2D eigenvalue weighted by Crippen LogP contribution is -2.49. The summed E-state index contributed by atoms with van der Waals surface area (Å²) in [4.78, 5) is 13.0. The maximum absolute atomic E-state index is 13.0. The minimum atomic E-state index is -3.62. The first-order chi connectivity index (χ1) is 13.2. The van der Waals surface area contributed by atoms with Crippen molar-refractivity contribution in [3.8, 4) is 0 Å². The topological polar surface area (TPSA) is 66.5 Å². The first-order valence-corrected chi connectivity index (χ1v) is 11.5. The second kappa shape index (κ2) is 7.95. The fourth-order valence-corrected chi connectivity index (χ4v) is 5.24. The molecule has 0 saturated carbocycles. The Labute approximate surface area is 167 Å². The van der Waals surface area contributed by atoms with Gasteiger partial charge in [-0.2, -0.15) is 0 Å². The van der Waals surface area contributed by atoms with Crippen LogP contribution in [0.2, 0.25) is 0 Å². The summed E-state index contributed by atoms with van der Waals surface area (Å²) in [6.07, 6.45) is 4.02. The lowest BCUT2D eigenvalue weighted by Gasteiger charge is -2.32. The summed E-state index contributed by atoms with van der Waals surface area (Å²) < 4.78 is 26.3. The molecule has 0 fully saturated rings. The fourth-order valence-electron chi connectivity index (χ4n) is 4.08. The predicted octanol–water partition coefficient (Wildman–Crippen LogP) is 3.65. The Hall–Kier alpha value is -2.34. The Morgan fingerprint density at radius 1 is 1.14 bits per heavy atom. The minimum Gasteiger partial charge on any atom is -0.347 e. The van der Waals surface area contributed by atoms with Crippen molar-refractivity contribution in [1.82, 2.24) is 5.32 Å². The highest BCUT2D eigenvalue weighted by molar-refractivity contribution is 7.92. The van der Waals surface area contributed by atoms with Gasteiger partial charge in [-0.3, -0.25) is 9.10 Å². The Kier molecular flexibility index (Phi) is 5.79. The number of carbonyl (C=O) groups is 1. The predicted molar refractivity (Wildman–Crippen MR) is 113 cm³/mol. The molecule has 0 spiro atoms. The zero-order valence-electron chi connectivity index (χ0n) is 16.9. The maximum atomic E-state index is 13.0. The van der Waals surface area contributed by atoms with Gasteiger partial charge in [-0.05, 0) is 74.4 Å². The molecule has 150 valence electrons. The molecule has 0 saturated heterocycles. The van der Waals surface area contributed by atoms with Gasteiger partial charge in [0, 0.05) is 0 Å². The molecule has 3 rings (SSSR count). The van der Waals surface area contributed by atoms with Gasteiger partial charge >= 0.3 is 0 Å². The molecule has 0 heterocycles. The van der Waals surface area contributed by atoms with Crippen LogP contribution in [0.4, 0.5) is 5.69 Å². The van der Waals surface area contributed by atoms with E-state index in [0.717, 1.165) is 42.2 Å². The number of anilines is 1. The molecule has 1 N–H and O–H groups in total. The van der Waals surface area contributed by atoms with Crippen molar-refractivity contribution in [3.05, 3.63) is 64.7 Å². The van der Waals surface area contributed by atoms with Crippen LogP contribution in [-0.2, 0) is 21.2 Å². The molecule has 2 aromatic rings. The highest BCUT2D eigenvalue weighted by Crippen LogP contribution is 2.30. The van der Waals surface area contributed by atoms with Crippen LogP contribution in [-0.4, -0.2) is 26.6 Å². The molecule has 1 aliphatic carbocycles. The van der Waals surface area contributed by atoms with Crippen molar-refractivity contribution in [1.29, 1.82) is 0 Å². The zero-order valence-corrected chi connectivity index (χ0v) is 17.7. The minimum absolute atomic E-state index is 0.0828. The smallest absolute Gasteiger partial charge is 0.244 e. The number of hydrogen-bond donors (Lipinski definition) is 1. The highest BCUT2D eigenvalue weighted by Gasteiger charge is 2.31. The van der Waals surface area contributed by atoms with E-state index in [1.807, 2.05) is 38.1 Å². The molecule has 1 aliphatic rings. The molecule has 0 radical (unpaired) electrons. The Morgan fingerprint density at radius 3 is 2.43 bits per heavy atom. The highest BCUT2D eigenvalue weighted by atomic mass is 32.2. The summed E-state index contributed by atoms with van der Waals surface area (Å²) in [7, 11) is -3.62. The lowest BCUT2D eigenvalue weighted by atomic mass is 9.87. The monoisotopic (exact) mass is 400 g/mol. The van der Waals surface area contributed by atoms with Gasteiger partial charge in [-0.15, -0.1) is 0 Å². The van der Waals surface area contributed by atoms with Crippen molar-refractivity contribution in [2.45, 2.75) is 52.1 Å². The summed E-state index contributed by atoms with van der Waals surface area (Å²) in [6, 6.07) is 12.8. The molecule has 0 unspecified atom stereocenters. The zero-order chi connectivity index (χ0) is 20.5. The quantitative estimate of drug-likeness (QED) is 0.833. The Balaban J connectivity index is 1.88. The van der Waals surface area contributed by atoms with E-state index in [0.29, 0.717) is 5.69 Å². The summed E-state index contributed by atoms with van der Waals surface area (Å²) in [6.45, 7) is 5.48. The molecule has 2 atom stereocenters. The van der Waals surface area contributed by atoms with Gasteiger partial charge in [0.05, 0.1) is 18.0 Å². The van der Waals surface area contributed by atoms with Gasteiger partial charge in [-0.1, -0.05) is 30.3 Å². The number of sulfonamides is 1. The number of nitrogens with one attached hydrogen (secondary N) is 1. The largest absolute Gasteiger partial charge is 0.347 e. The second-order valence-corrected chi connectivity index (χ2v) is 9.59. The van der Waals surface area contributed by atoms with Crippen LogP contribution in [0.5, 0.6) is 0 Å². The average Bonchev–Trinajstić information content (AvgIpc) is 2.60. The molecule has 0 aromatic heterocycles. The van der Waals surface area contributed by atoms with E-state index in [2.05, 4.69) is 11.4 Å². The molecular formula is C22H28N2O3S. The first kappa shape index (κ1) is 20.4. The number of fused-ring (bicyclic) bond motifs is 1. The molecule has 2 aromatic carbocycles. The first-order valence-electron chi connectivity index (χ1n) is 9.62. The van der Waals surface area contributed by atoms with Crippen LogP contribution in [0.1, 0.15) is 48.1 Å². The number of rotatable bonds is 5. The van der Waals surface area contributed by atoms with Gasteiger partial charge in [-0.25, -0.2) is 8.42 Å². The summed E-state index contributed by atoms with van der Waals surface area (Å²) in [5, 5.41) is 3.08. The van der Waals surface area contributed by atoms with Crippen LogP contribution < -0.4 is 9.62 Å². The van der Waals surface area contributed by atoms with Crippen LogP contribution >= 0.6 is 0 Å². The fraction of sp³-hybridized carbons (Fsp3) is 0.409. The molecule has 1 amide bonds. The van der Waals surface area contributed by atoms with Gasteiger partial charge in [0.15, 0.2) is 0 Å². The van der Waals surface area contributed by atoms with Gasteiger partial charge < -0.3 is 5.32 Å². The normalized spacial score (nSPS) is 17.5. The van der Waals surface area contributed by atoms with E-state index >= 15 is 0 Å². The van der Waals surface area contributed by atoms with E-state index in [1.165, 1.54) is 9.87 Å². The number of hydrogen-bond acceptors (Lipinski definition) is 3. The lowest BCUT2D eigenvalue weighted by molar-refractivity contribution is -0.122. The van der Waals surface area contributed by atoms with E-state index in [9.17, 15) is 13.2 Å². The van der Waals surface area contributed by atoms with Crippen molar-refractivity contribution < 1.29 is 13.2 Å². The molecule has 28 heavy (non-hydrogen) atoms. The number of nitrogens with zero attached hydrogens (tertiary/aromatic N) is 1. The standard InChI is InChI=1S/C22H28N2O3S/c1-15-12-16(2)14-19(13-15)24(28(4,26)27)17(3)22(25)23-21-11-7-9-18-8-5-6-10-20(18)21/h5-6,8,10,12-14,17,21H,7,9,11H2,1-4H3,(H,23,25)/t17-,21-/m0/s1. The van der Waals surface area contributed by atoms with Crippen LogP contribution in [0.3, 0.4) is 0 Å². The van der Waals surface area contributed by atoms with Crippen molar-refractivity contribution in [2.24, 2.45) is 0 Å². The molecule has 0 bridgehead atoms. The maximum Gasteiger partial charge on any atom is 0.244 e. The van der Waals surface area contributed by atoms with E-state index in [4.69, 9.17) is 0 Å². The summed E-state index contributed by atoms with van der Waals surface area (Å²) >= 11 is 0. The SMILES string of the molecule is Cc1cc(C)cc(N([C@@H](C)C(=O)N[C@H]2CCCc3ccccc32)S(C)(=O)=O)c1. The van der Waals surface area contributed by atoms with Gasteiger partial charge in [0.1, 0.15) is 6.04 Å². The van der Waals surface area contributed by atoms with E-state index < -0.39 is 16.1 Å². The number of amides is 1. The van der Waals surface area contributed by atoms with Crippen molar-refractivity contribution in [3.63, 3.8) is 0 Å². The number of aryl methyl sites for hydroxylation is 3. The third kappa shape index (κ3) is 4.38. The van der Waals surface area contributed by atoms with Crippen LogP contribution in [0.25, 0.3) is 0 Å². The number of carbonyl (C=O) groups excluding carboxylic acids is 1. The molecule has 5 nitrogen and oxygen atoms in total. The van der Waals surface area contributed by atoms with Crippen molar-refractivity contribution >= 4 is 21.6 Å². The Bertz CT molecular complexity index is 965. The number of benzene rings is 2. The molecule has 0 aliphatic heterocycles. The van der Waals surface area contributed by atoms with Crippen LogP contribution in [0.15, 0.2) is 42.5 Å². The third-order valence-electron chi connectivity index (χ3n) is 5.24. The Morgan fingerprint density at radius 2 is 1.79 bits per heavy atom. The molecule has 6 heteroatoms.